The Morgan fingerprint density at radius 1 is 1.14 bits per heavy atom. The Hall–Kier alpha value is -3.61. The van der Waals surface area contributed by atoms with Gasteiger partial charge in [-0.3, -0.25) is 14.3 Å². The van der Waals surface area contributed by atoms with Gasteiger partial charge in [0.15, 0.2) is 0 Å². The topological polar surface area (TPSA) is 77.6 Å². The number of aromatic nitrogens is 2. The summed E-state index contributed by atoms with van der Waals surface area (Å²) in [5.41, 5.74) is 4.74. The van der Waals surface area contributed by atoms with Crippen molar-refractivity contribution in [2.24, 2.45) is 12.1 Å². The Morgan fingerprint density at radius 2 is 1.82 bits per heavy atom. The predicted molar refractivity (Wildman–Crippen MR) is 108 cm³/mol. The van der Waals surface area contributed by atoms with E-state index in [0.717, 1.165) is 5.69 Å². The van der Waals surface area contributed by atoms with Crippen LogP contribution in [0.2, 0.25) is 0 Å². The van der Waals surface area contributed by atoms with Gasteiger partial charge in [0.25, 0.3) is 11.5 Å². The monoisotopic (exact) mass is 378 g/mol. The number of rotatable bonds is 6. The van der Waals surface area contributed by atoms with E-state index in [4.69, 9.17) is 4.74 Å². The van der Waals surface area contributed by atoms with Crippen LogP contribution < -0.4 is 15.7 Å². The van der Waals surface area contributed by atoms with Crippen LogP contribution >= 0.6 is 0 Å². The van der Waals surface area contributed by atoms with Crippen LogP contribution in [0.1, 0.15) is 28.5 Å². The smallest absolute Gasteiger partial charge is 0.274 e. The minimum Gasteiger partial charge on any atom is -0.494 e. The minimum absolute atomic E-state index is 0.131. The lowest BCUT2D eigenvalue weighted by Gasteiger charge is -2.08. The maximum atomic E-state index is 12.6. The molecule has 144 valence electrons. The lowest BCUT2D eigenvalue weighted by Crippen LogP contribution is -2.20. The fourth-order valence-electron chi connectivity index (χ4n) is 2.88. The molecule has 0 aliphatic heterocycles. The number of hydrogen-bond donors (Lipinski definition) is 1. The average molecular weight is 378 g/mol. The van der Waals surface area contributed by atoms with Crippen molar-refractivity contribution < 1.29 is 9.53 Å². The summed E-state index contributed by atoms with van der Waals surface area (Å²) in [5, 5.41) is 4.02. The third kappa shape index (κ3) is 3.88. The van der Waals surface area contributed by atoms with Crippen molar-refractivity contribution in [1.29, 1.82) is 0 Å². The summed E-state index contributed by atoms with van der Waals surface area (Å²) in [4.78, 5) is 24.8. The zero-order chi connectivity index (χ0) is 20.1. The van der Waals surface area contributed by atoms with Crippen LogP contribution in [-0.2, 0) is 7.05 Å². The van der Waals surface area contributed by atoms with E-state index in [1.165, 1.54) is 6.21 Å². The van der Waals surface area contributed by atoms with Gasteiger partial charge in [0, 0.05) is 18.2 Å². The zero-order valence-corrected chi connectivity index (χ0v) is 16.0. The molecule has 0 atom stereocenters. The molecule has 0 radical (unpaired) electrons. The molecular weight excluding hydrogens is 356 g/mol. The van der Waals surface area contributed by atoms with Gasteiger partial charge in [0.2, 0.25) is 0 Å². The summed E-state index contributed by atoms with van der Waals surface area (Å²) in [6.45, 7) is 4.20. The van der Waals surface area contributed by atoms with Crippen LogP contribution in [0.25, 0.3) is 5.69 Å². The highest BCUT2D eigenvalue weighted by atomic mass is 16.5. The number of ether oxygens (including phenoxy) is 1. The summed E-state index contributed by atoms with van der Waals surface area (Å²) in [6.07, 6.45) is 1.47. The summed E-state index contributed by atoms with van der Waals surface area (Å²) in [6, 6.07) is 16.1. The van der Waals surface area contributed by atoms with Gasteiger partial charge in [0.05, 0.1) is 24.2 Å². The first-order chi connectivity index (χ1) is 13.5. The molecule has 0 saturated carbocycles. The molecule has 1 N–H and O–H groups in total. The highest BCUT2D eigenvalue weighted by molar-refractivity contribution is 5.95. The van der Waals surface area contributed by atoms with Crippen LogP contribution in [0.15, 0.2) is 64.5 Å². The molecule has 1 aromatic heterocycles. The molecule has 0 aliphatic rings. The maximum absolute atomic E-state index is 12.6. The fraction of sp³-hybridized carbons (Fsp3) is 0.190. The van der Waals surface area contributed by atoms with E-state index >= 15 is 0 Å². The van der Waals surface area contributed by atoms with Gasteiger partial charge in [-0.2, -0.15) is 5.10 Å². The first kappa shape index (κ1) is 19.2. The van der Waals surface area contributed by atoms with E-state index < -0.39 is 0 Å². The SMILES string of the molecule is CCOc1ccc(C(=O)N/N=C\c2c(C)c(=O)n(-c3ccccc3)n2C)cc1. The van der Waals surface area contributed by atoms with Crippen LogP contribution in [-0.4, -0.2) is 28.1 Å². The molecule has 0 bridgehead atoms. The van der Waals surface area contributed by atoms with E-state index in [-0.39, 0.29) is 11.5 Å². The van der Waals surface area contributed by atoms with Crippen molar-refractivity contribution in [3.8, 4) is 11.4 Å². The number of hydrazone groups is 1. The molecule has 0 spiro atoms. The summed E-state index contributed by atoms with van der Waals surface area (Å²) >= 11 is 0. The van der Waals surface area contributed by atoms with Gasteiger partial charge in [-0.1, -0.05) is 18.2 Å². The second-order valence-corrected chi connectivity index (χ2v) is 6.14. The second kappa shape index (κ2) is 8.39. The predicted octanol–water partition coefficient (Wildman–Crippen LogP) is 2.65. The molecule has 28 heavy (non-hydrogen) atoms. The van der Waals surface area contributed by atoms with Crippen molar-refractivity contribution in [3.63, 3.8) is 0 Å². The van der Waals surface area contributed by atoms with Crippen molar-refractivity contribution in [2.45, 2.75) is 13.8 Å². The summed E-state index contributed by atoms with van der Waals surface area (Å²) in [7, 11) is 1.77. The number of para-hydroxylation sites is 1. The van der Waals surface area contributed by atoms with Gasteiger partial charge in [-0.25, -0.2) is 10.1 Å². The lowest BCUT2D eigenvalue weighted by atomic mass is 10.2. The first-order valence-electron chi connectivity index (χ1n) is 8.93. The molecule has 0 aliphatic carbocycles. The van der Waals surface area contributed by atoms with E-state index in [0.29, 0.717) is 29.2 Å². The number of amides is 1. The van der Waals surface area contributed by atoms with Crippen molar-refractivity contribution in [3.05, 3.63) is 81.8 Å². The summed E-state index contributed by atoms with van der Waals surface area (Å²) in [5.74, 6) is 0.361. The fourth-order valence-corrected chi connectivity index (χ4v) is 2.88. The highest BCUT2D eigenvalue weighted by Crippen LogP contribution is 2.12. The molecule has 1 heterocycles. The summed E-state index contributed by atoms with van der Waals surface area (Å²) < 4.78 is 8.63. The molecule has 2 aromatic carbocycles. The number of benzene rings is 2. The highest BCUT2D eigenvalue weighted by Gasteiger charge is 2.14. The number of carbonyl (C=O) groups excluding carboxylic acids is 1. The van der Waals surface area contributed by atoms with Gasteiger partial charge in [0.1, 0.15) is 5.75 Å². The molecule has 1 amide bonds. The third-order valence-electron chi connectivity index (χ3n) is 4.33. The van der Waals surface area contributed by atoms with Gasteiger partial charge >= 0.3 is 0 Å². The van der Waals surface area contributed by atoms with Crippen LogP contribution in [0, 0.1) is 6.92 Å². The zero-order valence-electron chi connectivity index (χ0n) is 16.0. The molecule has 3 aromatic rings. The van der Waals surface area contributed by atoms with Gasteiger partial charge < -0.3 is 4.74 Å². The number of nitrogens with one attached hydrogen (secondary N) is 1. The standard InChI is InChI=1S/C21H22N4O3/c1-4-28-18-12-10-16(11-13-18)20(26)23-22-14-19-15(2)21(27)25(24(19)3)17-8-6-5-7-9-17/h5-14H,4H2,1-3H3,(H,23,26)/b22-14-. The van der Waals surface area contributed by atoms with Crippen molar-refractivity contribution in [2.75, 3.05) is 6.61 Å². The number of nitrogens with zero attached hydrogens (tertiary/aromatic N) is 3. The Kier molecular flexibility index (Phi) is 5.74. The molecule has 3 rings (SSSR count). The van der Waals surface area contributed by atoms with Gasteiger partial charge in [-0.15, -0.1) is 0 Å². The molecule has 0 saturated heterocycles. The second-order valence-electron chi connectivity index (χ2n) is 6.14. The van der Waals surface area contributed by atoms with Crippen molar-refractivity contribution >= 4 is 12.1 Å². The minimum atomic E-state index is -0.343. The Labute approximate surface area is 162 Å². The van der Waals surface area contributed by atoms with E-state index in [1.807, 2.05) is 37.3 Å². The Balaban J connectivity index is 1.77. The van der Waals surface area contributed by atoms with Crippen molar-refractivity contribution in [1.82, 2.24) is 14.8 Å². The van der Waals surface area contributed by atoms with E-state index in [1.54, 1.807) is 47.6 Å². The largest absolute Gasteiger partial charge is 0.494 e. The molecule has 0 unspecified atom stereocenters. The van der Waals surface area contributed by atoms with Crippen LogP contribution in [0.4, 0.5) is 0 Å². The first-order valence-corrected chi connectivity index (χ1v) is 8.93. The number of hydrogen-bond acceptors (Lipinski definition) is 4. The third-order valence-corrected chi connectivity index (χ3v) is 4.33. The quantitative estimate of drug-likeness (QED) is 0.529. The average Bonchev–Trinajstić information content (AvgIpc) is 2.92. The Bertz CT molecular complexity index is 1050. The molecule has 7 nitrogen and oxygen atoms in total. The molecule has 7 heteroatoms. The molecule has 0 fully saturated rings. The lowest BCUT2D eigenvalue weighted by molar-refractivity contribution is 0.0955. The van der Waals surface area contributed by atoms with E-state index in [2.05, 4.69) is 10.5 Å². The number of carbonyl (C=O) groups is 1. The normalized spacial score (nSPS) is 11.0. The Morgan fingerprint density at radius 3 is 2.46 bits per heavy atom. The van der Waals surface area contributed by atoms with Gasteiger partial charge in [-0.05, 0) is 50.2 Å². The van der Waals surface area contributed by atoms with Crippen LogP contribution in [0.3, 0.4) is 0 Å². The van der Waals surface area contributed by atoms with Crippen LogP contribution in [0.5, 0.6) is 5.75 Å². The maximum Gasteiger partial charge on any atom is 0.274 e. The van der Waals surface area contributed by atoms with E-state index in [9.17, 15) is 9.59 Å². The molecular formula is C21H22N4O3.